The van der Waals surface area contributed by atoms with E-state index < -0.39 is 5.60 Å². The Labute approximate surface area is 169 Å². The zero-order valence-corrected chi connectivity index (χ0v) is 17.0. The van der Waals surface area contributed by atoms with E-state index in [0.29, 0.717) is 37.7 Å². The molecule has 9 heteroatoms. The maximum absolute atomic E-state index is 12.9. The number of fused-ring (bicyclic) bond motifs is 1. The summed E-state index contributed by atoms with van der Waals surface area (Å²) in [5.41, 5.74) is -0.0994. The molecule has 2 aromatic heterocycles. The summed E-state index contributed by atoms with van der Waals surface area (Å²) in [6, 6.07) is 5.22. The van der Waals surface area contributed by atoms with E-state index in [0.717, 1.165) is 18.7 Å². The third-order valence-electron chi connectivity index (χ3n) is 5.13. The fourth-order valence-corrected chi connectivity index (χ4v) is 3.82. The molecular formula is C20H26N6O3. The molecule has 0 unspecified atom stereocenters. The highest BCUT2D eigenvalue weighted by Crippen LogP contribution is 2.33. The molecule has 1 atom stereocenters. The van der Waals surface area contributed by atoms with E-state index in [-0.39, 0.29) is 18.0 Å². The van der Waals surface area contributed by atoms with Gasteiger partial charge in [-0.25, -0.2) is 4.79 Å². The Bertz CT molecular complexity index is 905. The van der Waals surface area contributed by atoms with Crippen molar-refractivity contribution in [2.75, 3.05) is 13.1 Å². The zero-order valence-electron chi connectivity index (χ0n) is 17.0. The summed E-state index contributed by atoms with van der Waals surface area (Å²) < 4.78 is 7.50. The van der Waals surface area contributed by atoms with Crippen LogP contribution in [0.25, 0.3) is 0 Å². The highest BCUT2D eigenvalue weighted by atomic mass is 16.6. The number of hydrogen-bond acceptors (Lipinski definition) is 6. The Hall–Kier alpha value is -2.97. The van der Waals surface area contributed by atoms with E-state index in [1.54, 1.807) is 23.2 Å². The van der Waals surface area contributed by atoms with Crippen LogP contribution in [0.4, 0.5) is 4.79 Å². The average Bonchev–Trinajstić information content (AvgIpc) is 3.32. The van der Waals surface area contributed by atoms with Crippen LogP contribution in [0.2, 0.25) is 0 Å². The van der Waals surface area contributed by atoms with Crippen LogP contribution in [-0.4, -0.2) is 60.2 Å². The first-order valence-electron chi connectivity index (χ1n) is 9.95. The van der Waals surface area contributed by atoms with Crippen molar-refractivity contribution in [1.82, 2.24) is 29.5 Å². The number of likely N-dealkylation sites (tertiary alicyclic amines) is 1. The van der Waals surface area contributed by atoms with Crippen LogP contribution in [0.1, 0.15) is 61.8 Å². The zero-order chi connectivity index (χ0) is 20.6. The molecule has 0 bridgehead atoms. The number of carbonyl (C=O) groups is 2. The second-order valence-corrected chi connectivity index (χ2v) is 8.40. The Balaban J connectivity index is 1.52. The van der Waals surface area contributed by atoms with Gasteiger partial charge in [0.2, 0.25) is 0 Å². The van der Waals surface area contributed by atoms with Gasteiger partial charge in [0, 0.05) is 25.8 Å². The summed E-state index contributed by atoms with van der Waals surface area (Å²) in [5, 5.41) is 8.70. The van der Waals surface area contributed by atoms with Crippen LogP contribution < -0.4 is 0 Å². The highest BCUT2D eigenvalue weighted by molar-refractivity contribution is 5.92. The van der Waals surface area contributed by atoms with Crippen molar-refractivity contribution in [3.63, 3.8) is 0 Å². The highest BCUT2D eigenvalue weighted by Gasteiger charge is 2.37. The standard InChI is InChI=1S/C20H26N6O3/c1-20(2,3)29-19(28)24-11-12-26-16(13-24)22-23-17(26)15-8-6-10-25(15)18(27)14-7-4-5-9-21-14/h4-5,7,9,15H,6,8,10-13H2,1-3H3/t15-/m1/s1. The van der Waals surface area contributed by atoms with Crippen molar-refractivity contribution in [3.8, 4) is 0 Å². The van der Waals surface area contributed by atoms with Crippen molar-refractivity contribution in [2.45, 2.75) is 58.3 Å². The lowest BCUT2D eigenvalue weighted by Crippen LogP contribution is -2.42. The summed E-state index contributed by atoms with van der Waals surface area (Å²) in [6.07, 6.45) is 3.03. The molecule has 1 fully saturated rings. The van der Waals surface area contributed by atoms with Gasteiger partial charge in [0.05, 0.1) is 12.6 Å². The SMILES string of the molecule is CC(C)(C)OC(=O)N1CCn2c(nnc2[C@H]2CCCN2C(=O)c2ccccn2)C1. The third kappa shape index (κ3) is 3.94. The van der Waals surface area contributed by atoms with Crippen molar-refractivity contribution in [1.29, 1.82) is 0 Å². The first-order valence-corrected chi connectivity index (χ1v) is 9.95. The summed E-state index contributed by atoms with van der Waals surface area (Å²) >= 11 is 0. The van der Waals surface area contributed by atoms with E-state index in [1.807, 2.05) is 36.3 Å². The van der Waals surface area contributed by atoms with Gasteiger partial charge in [-0.1, -0.05) is 6.07 Å². The molecule has 0 aliphatic carbocycles. The summed E-state index contributed by atoms with van der Waals surface area (Å²) in [4.78, 5) is 33.0. The third-order valence-corrected chi connectivity index (χ3v) is 5.13. The summed E-state index contributed by atoms with van der Waals surface area (Å²) in [5.74, 6) is 1.41. The minimum Gasteiger partial charge on any atom is -0.444 e. The predicted molar refractivity (Wildman–Crippen MR) is 104 cm³/mol. The second-order valence-electron chi connectivity index (χ2n) is 8.40. The molecule has 4 rings (SSSR count). The average molecular weight is 398 g/mol. The van der Waals surface area contributed by atoms with Gasteiger partial charge in [-0.2, -0.15) is 0 Å². The van der Waals surface area contributed by atoms with Crippen LogP contribution in [0.3, 0.4) is 0 Å². The quantitative estimate of drug-likeness (QED) is 0.771. The van der Waals surface area contributed by atoms with Crippen LogP contribution in [0, 0.1) is 0 Å². The molecule has 0 aromatic carbocycles. The number of pyridine rings is 1. The molecule has 1 saturated heterocycles. The lowest BCUT2D eigenvalue weighted by Gasteiger charge is -2.31. The Morgan fingerprint density at radius 3 is 2.69 bits per heavy atom. The lowest BCUT2D eigenvalue weighted by molar-refractivity contribution is 0.0193. The lowest BCUT2D eigenvalue weighted by atomic mass is 10.2. The fourth-order valence-electron chi connectivity index (χ4n) is 3.82. The molecule has 2 aromatic rings. The van der Waals surface area contributed by atoms with Gasteiger partial charge in [-0.05, 0) is 45.7 Å². The molecule has 0 spiro atoms. The molecule has 2 aliphatic rings. The molecule has 2 aliphatic heterocycles. The fraction of sp³-hybridized carbons (Fsp3) is 0.550. The molecular weight excluding hydrogens is 372 g/mol. The molecule has 0 radical (unpaired) electrons. The number of amides is 2. The molecule has 0 saturated carbocycles. The van der Waals surface area contributed by atoms with Crippen LogP contribution in [-0.2, 0) is 17.8 Å². The molecule has 29 heavy (non-hydrogen) atoms. The van der Waals surface area contributed by atoms with Gasteiger partial charge >= 0.3 is 6.09 Å². The van der Waals surface area contributed by atoms with Gasteiger partial charge in [0.25, 0.3) is 5.91 Å². The van der Waals surface area contributed by atoms with Gasteiger partial charge in [0.1, 0.15) is 11.3 Å². The van der Waals surface area contributed by atoms with Gasteiger partial charge < -0.3 is 14.2 Å². The largest absolute Gasteiger partial charge is 0.444 e. The number of rotatable bonds is 2. The monoisotopic (exact) mass is 398 g/mol. The number of hydrogen-bond donors (Lipinski definition) is 0. The maximum Gasteiger partial charge on any atom is 0.410 e. The topological polar surface area (TPSA) is 93.5 Å². The van der Waals surface area contributed by atoms with Crippen molar-refractivity contribution >= 4 is 12.0 Å². The Kier molecular flexibility index (Phi) is 4.97. The molecule has 2 amide bonds. The molecule has 4 heterocycles. The first-order chi connectivity index (χ1) is 13.8. The molecule has 9 nitrogen and oxygen atoms in total. The minimum absolute atomic E-state index is 0.0864. The van der Waals surface area contributed by atoms with Crippen LogP contribution >= 0.6 is 0 Å². The van der Waals surface area contributed by atoms with Crippen LogP contribution in [0.15, 0.2) is 24.4 Å². The number of aromatic nitrogens is 4. The number of nitrogens with zero attached hydrogens (tertiary/aromatic N) is 6. The summed E-state index contributed by atoms with van der Waals surface area (Å²) in [6.45, 7) is 7.68. The van der Waals surface area contributed by atoms with Gasteiger partial charge in [0.15, 0.2) is 11.6 Å². The second kappa shape index (κ2) is 7.46. The van der Waals surface area contributed by atoms with E-state index in [1.165, 1.54) is 0 Å². The van der Waals surface area contributed by atoms with Gasteiger partial charge in [-0.15, -0.1) is 10.2 Å². The smallest absolute Gasteiger partial charge is 0.410 e. The van der Waals surface area contributed by atoms with E-state index in [2.05, 4.69) is 15.2 Å². The van der Waals surface area contributed by atoms with Crippen molar-refractivity contribution < 1.29 is 14.3 Å². The Morgan fingerprint density at radius 2 is 1.97 bits per heavy atom. The predicted octanol–water partition coefficient (Wildman–Crippen LogP) is 2.40. The van der Waals surface area contributed by atoms with Crippen LogP contribution in [0.5, 0.6) is 0 Å². The molecule has 0 N–H and O–H groups in total. The van der Waals surface area contributed by atoms with Crippen molar-refractivity contribution in [3.05, 3.63) is 41.7 Å². The first kappa shape index (κ1) is 19.4. The number of ether oxygens (including phenoxy) is 1. The molecule has 154 valence electrons. The normalized spacial score (nSPS) is 19.2. The number of carbonyl (C=O) groups excluding carboxylic acids is 2. The Morgan fingerprint density at radius 1 is 1.14 bits per heavy atom. The van der Waals surface area contributed by atoms with E-state index in [4.69, 9.17) is 4.74 Å². The minimum atomic E-state index is -0.538. The van der Waals surface area contributed by atoms with Gasteiger partial charge in [-0.3, -0.25) is 14.7 Å². The summed E-state index contributed by atoms with van der Waals surface area (Å²) in [7, 11) is 0. The van der Waals surface area contributed by atoms with E-state index >= 15 is 0 Å². The van der Waals surface area contributed by atoms with E-state index in [9.17, 15) is 9.59 Å². The van der Waals surface area contributed by atoms with Crippen molar-refractivity contribution in [2.24, 2.45) is 0 Å². The maximum atomic E-state index is 12.9.